The minimum atomic E-state index is -0.497. The zero-order chi connectivity index (χ0) is 17.5. The van der Waals surface area contributed by atoms with Gasteiger partial charge < -0.3 is 25.4 Å². The Hall–Kier alpha value is -1.83. The van der Waals surface area contributed by atoms with Gasteiger partial charge in [0, 0.05) is 24.8 Å². The van der Waals surface area contributed by atoms with Gasteiger partial charge in [-0.2, -0.15) is 0 Å². The number of carbonyl (C=O) groups excluding carboxylic acids is 2. The fraction of sp³-hybridized carbons (Fsp3) is 0.529. The highest BCUT2D eigenvalue weighted by Crippen LogP contribution is 2.21. The molecular weight excluding hydrogens is 346 g/mol. The average molecular weight is 372 g/mol. The van der Waals surface area contributed by atoms with Gasteiger partial charge in [0.15, 0.2) is 0 Å². The van der Waals surface area contributed by atoms with Crippen LogP contribution in [0.4, 0.5) is 5.69 Å². The van der Waals surface area contributed by atoms with Crippen molar-refractivity contribution in [2.45, 2.75) is 32.0 Å². The van der Waals surface area contributed by atoms with Gasteiger partial charge in [-0.15, -0.1) is 12.4 Å². The molecule has 0 unspecified atom stereocenters. The summed E-state index contributed by atoms with van der Waals surface area (Å²) in [5.74, 6) is 0.240. The van der Waals surface area contributed by atoms with Gasteiger partial charge in [-0.1, -0.05) is 6.07 Å². The van der Waals surface area contributed by atoms with E-state index in [2.05, 4.69) is 5.32 Å². The maximum Gasteiger partial charge on any atom is 0.252 e. The van der Waals surface area contributed by atoms with Crippen molar-refractivity contribution in [1.29, 1.82) is 0 Å². The number of amides is 2. The second-order valence-electron chi connectivity index (χ2n) is 5.69. The lowest BCUT2D eigenvalue weighted by Crippen LogP contribution is -2.43. The predicted octanol–water partition coefficient (Wildman–Crippen LogP) is 1.41. The number of likely N-dealkylation sites (N-methyl/N-ethyl adjacent to an activating group) is 1. The molecule has 2 amide bonds. The van der Waals surface area contributed by atoms with Crippen LogP contribution in [-0.2, 0) is 14.3 Å². The first-order chi connectivity index (χ1) is 11.6. The highest BCUT2D eigenvalue weighted by atomic mass is 35.5. The van der Waals surface area contributed by atoms with Crippen molar-refractivity contribution >= 4 is 29.9 Å². The van der Waals surface area contributed by atoms with E-state index >= 15 is 0 Å². The molecule has 140 valence electrons. The summed E-state index contributed by atoms with van der Waals surface area (Å²) < 4.78 is 10.7. The van der Waals surface area contributed by atoms with E-state index in [-0.39, 0.29) is 36.9 Å². The number of hydrogen-bond acceptors (Lipinski definition) is 5. The third-order valence-electron chi connectivity index (χ3n) is 4.03. The number of carbonyl (C=O) groups is 2. The Morgan fingerprint density at radius 1 is 1.40 bits per heavy atom. The summed E-state index contributed by atoms with van der Waals surface area (Å²) in [7, 11) is 1.56. The number of benzene rings is 1. The summed E-state index contributed by atoms with van der Waals surface area (Å²) in [6, 6.07) is 7.08. The van der Waals surface area contributed by atoms with Gasteiger partial charge in [-0.25, -0.2) is 0 Å². The normalized spacial score (nSPS) is 19.0. The van der Waals surface area contributed by atoms with Crippen LogP contribution in [0, 0.1) is 0 Å². The monoisotopic (exact) mass is 371 g/mol. The van der Waals surface area contributed by atoms with Crippen LogP contribution in [0.2, 0.25) is 0 Å². The molecular formula is C17H26ClN3O4. The lowest BCUT2D eigenvalue weighted by molar-refractivity contribution is -0.144. The topological polar surface area (TPSA) is 93.9 Å². The van der Waals surface area contributed by atoms with Crippen molar-refractivity contribution in [1.82, 2.24) is 4.90 Å². The Morgan fingerprint density at radius 3 is 2.76 bits per heavy atom. The molecule has 1 saturated heterocycles. The van der Waals surface area contributed by atoms with Crippen molar-refractivity contribution in [2.75, 3.05) is 32.1 Å². The van der Waals surface area contributed by atoms with E-state index in [1.807, 2.05) is 6.92 Å². The SMILES string of the molecule is CCN(CC(=O)Nc1cccc(OC)c1)C(=O)[C@@H]1CC[C@H](CN)O1.Cl. The van der Waals surface area contributed by atoms with Crippen LogP contribution in [0.25, 0.3) is 0 Å². The number of nitrogens with two attached hydrogens (primary N) is 1. The minimum Gasteiger partial charge on any atom is -0.497 e. The lowest BCUT2D eigenvalue weighted by Gasteiger charge is -2.23. The van der Waals surface area contributed by atoms with Crippen LogP contribution in [-0.4, -0.2) is 55.7 Å². The second kappa shape index (κ2) is 10.2. The Balaban J connectivity index is 0.00000312. The quantitative estimate of drug-likeness (QED) is 0.755. The first kappa shape index (κ1) is 21.2. The van der Waals surface area contributed by atoms with E-state index in [1.54, 1.807) is 31.4 Å². The minimum absolute atomic E-state index is 0. The van der Waals surface area contributed by atoms with E-state index in [4.69, 9.17) is 15.2 Å². The molecule has 2 rings (SSSR count). The van der Waals surface area contributed by atoms with Gasteiger partial charge >= 0.3 is 0 Å². The molecule has 25 heavy (non-hydrogen) atoms. The van der Waals surface area contributed by atoms with Gasteiger partial charge in [0.2, 0.25) is 5.91 Å². The maximum atomic E-state index is 12.5. The summed E-state index contributed by atoms with van der Waals surface area (Å²) in [6.07, 6.45) is 0.862. The fourth-order valence-electron chi connectivity index (χ4n) is 2.68. The van der Waals surface area contributed by atoms with Gasteiger partial charge in [0.1, 0.15) is 11.9 Å². The third kappa shape index (κ3) is 5.88. The number of nitrogens with one attached hydrogen (secondary N) is 1. The van der Waals surface area contributed by atoms with E-state index in [0.717, 1.165) is 6.42 Å². The Labute approximate surface area is 154 Å². The molecule has 1 heterocycles. The maximum absolute atomic E-state index is 12.5. The highest BCUT2D eigenvalue weighted by molar-refractivity contribution is 5.95. The van der Waals surface area contributed by atoms with Crippen LogP contribution in [0.15, 0.2) is 24.3 Å². The molecule has 1 fully saturated rings. The second-order valence-corrected chi connectivity index (χ2v) is 5.69. The smallest absolute Gasteiger partial charge is 0.252 e. The molecule has 0 saturated carbocycles. The average Bonchev–Trinajstić information content (AvgIpc) is 3.08. The van der Waals surface area contributed by atoms with Gasteiger partial charge in [0.25, 0.3) is 5.91 Å². The standard InChI is InChI=1S/C17H25N3O4.ClH/c1-3-20(17(22)15-8-7-14(10-18)24-15)11-16(21)19-12-5-4-6-13(9-12)23-2;/h4-6,9,14-15H,3,7-8,10-11,18H2,1-2H3,(H,19,21);1H/t14-,15+;/m1./s1. The number of nitrogens with zero attached hydrogens (tertiary/aromatic N) is 1. The summed E-state index contributed by atoms with van der Waals surface area (Å²) in [4.78, 5) is 26.2. The number of methoxy groups -OCH3 is 1. The largest absolute Gasteiger partial charge is 0.497 e. The predicted molar refractivity (Wildman–Crippen MR) is 98.1 cm³/mol. The Morgan fingerprint density at radius 2 is 2.16 bits per heavy atom. The molecule has 0 radical (unpaired) electrons. The molecule has 1 aliphatic rings. The highest BCUT2D eigenvalue weighted by Gasteiger charge is 2.33. The van der Waals surface area contributed by atoms with E-state index in [1.165, 1.54) is 4.90 Å². The Kier molecular flexibility index (Phi) is 8.68. The van der Waals surface area contributed by atoms with Gasteiger partial charge in [-0.3, -0.25) is 9.59 Å². The molecule has 0 aromatic heterocycles. The molecule has 3 N–H and O–H groups in total. The van der Waals surface area contributed by atoms with Gasteiger partial charge in [-0.05, 0) is 31.9 Å². The molecule has 0 spiro atoms. The number of rotatable bonds is 7. The zero-order valence-electron chi connectivity index (χ0n) is 14.6. The Bertz CT molecular complexity index is 585. The lowest BCUT2D eigenvalue weighted by atomic mass is 10.2. The molecule has 2 atom stereocenters. The summed E-state index contributed by atoms with van der Waals surface area (Å²) in [5.41, 5.74) is 6.20. The summed E-state index contributed by atoms with van der Waals surface area (Å²) in [6.45, 7) is 2.68. The van der Waals surface area contributed by atoms with Crippen LogP contribution in [0.5, 0.6) is 5.75 Å². The number of halogens is 1. The number of ether oxygens (including phenoxy) is 2. The molecule has 1 aromatic carbocycles. The van der Waals surface area contributed by atoms with Crippen LogP contribution < -0.4 is 15.8 Å². The van der Waals surface area contributed by atoms with Crippen LogP contribution in [0.3, 0.4) is 0 Å². The molecule has 1 aliphatic heterocycles. The summed E-state index contributed by atoms with van der Waals surface area (Å²) >= 11 is 0. The third-order valence-corrected chi connectivity index (χ3v) is 4.03. The number of anilines is 1. The van der Waals surface area contributed by atoms with Gasteiger partial charge in [0.05, 0.1) is 19.8 Å². The molecule has 8 heteroatoms. The molecule has 0 aliphatic carbocycles. The molecule has 1 aromatic rings. The summed E-state index contributed by atoms with van der Waals surface area (Å²) in [5, 5.41) is 2.77. The van der Waals surface area contributed by atoms with E-state index < -0.39 is 6.10 Å². The molecule has 7 nitrogen and oxygen atoms in total. The first-order valence-electron chi connectivity index (χ1n) is 8.15. The van der Waals surface area contributed by atoms with Crippen molar-refractivity contribution in [2.24, 2.45) is 5.73 Å². The van der Waals surface area contributed by atoms with Crippen LogP contribution >= 0.6 is 12.4 Å². The van der Waals surface area contributed by atoms with Crippen molar-refractivity contribution in [3.63, 3.8) is 0 Å². The zero-order valence-corrected chi connectivity index (χ0v) is 15.4. The van der Waals surface area contributed by atoms with E-state index in [9.17, 15) is 9.59 Å². The van der Waals surface area contributed by atoms with E-state index in [0.29, 0.717) is 30.9 Å². The van der Waals surface area contributed by atoms with Crippen LogP contribution in [0.1, 0.15) is 19.8 Å². The molecule has 0 bridgehead atoms. The fourth-order valence-corrected chi connectivity index (χ4v) is 2.68. The van der Waals surface area contributed by atoms with Crippen molar-refractivity contribution < 1.29 is 19.1 Å². The van der Waals surface area contributed by atoms with Crippen molar-refractivity contribution in [3.8, 4) is 5.75 Å². The first-order valence-corrected chi connectivity index (χ1v) is 8.15. The van der Waals surface area contributed by atoms with Crippen molar-refractivity contribution in [3.05, 3.63) is 24.3 Å². The number of hydrogen-bond donors (Lipinski definition) is 2.